The normalized spacial score (nSPS) is 14.0. The lowest BCUT2D eigenvalue weighted by molar-refractivity contribution is -0.109. The molecule has 3 rings (SSSR count). The van der Waals surface area contributed by atoms with Crippen molar-refractivity contribution in [2.75, 3.05) is 16.1 Å². The van der Waals surface area contributed by atoms with Crippen LogP contribution < -0.4 is 21.5 Å². The third kappa shape index (κ3) is 5.53. The van der Waals surface area contributed by atoms with Gasteiger partial charge in [-0.2, -0.15) is 0 Å². The third-order valence-corrected chi connectivity index (χ3v) is 5.22. The van der Waals surface area contributed by atoms with Crippen LogP contribution in [0.4, 0.5) is 17.1 Å². The summed E-state index contributed by atoms with van der Waals surface area (Å²) in [6, 6.07) is 14.4. The van der Waals surface area contributed by atoms with E-state index in [2.05, 4.69) is 21.5 Å². The van der Waals surface area contributed by atoms with Gasteiger partial charge in [0.2, 0.25) is 6.41 Å². The molecule has 0 radical (unpaired) electrons. The zero-order valence-electron chi connectivity index (χ0n) is 15.5. The van der Waals surface area contributed by atoms with Crippen molar-refractivity contribution in [2.24, 2.45) is 5.92 Å². The second-order valence-corrected chi connectivity index (χ2v) is 7.26. The molecule has 146 valence electrons. The Morgan fingerprint density at radius 2 is 1.64 bits per heavy atom. The van der Waals surface area contributed by atoms with Gasteiger partial charge in [-0.25, -0.2) is 0 Å². The number of hydrogen-bond donors (Lipinski definition) is 4. The van der Waals surface area contributed by atoms with Gasteiger partial charge in [0.05, 0.1) is 10.7 Å². The van der Waals surface area contributed by atoms with Gasteiger partial charge in [0, 0.05) is 22.9 Å². The predicted molar refractivity (Wildman–Crippen MR) is 116 cm³/mol. The van der Waals surface area contributed by atoms with E-state index in [9.17, 15) is 9.59 Å². The van der Waals surface area contributed by atoms with Crippen LogP contribution in [-0.2, 0) is 4.79 Å². The van der Waals surface area contributed by atoms with Crippen molar-refractivity contribution in [3.05, 3.63) is 54.1 Å². The second kappa shape index (κ2) is 9.85. The summed E-state index contributed by atoms with van der Waals surface area (Å²) in [6.45, 7) is 0. The number of rotatable bonds is 7. The van der Waals surface area contributed by atoms with Gasteiger partial charge in [0.1, 0.15) is 0 Å². The number of nitrogens with one attached hydrogen (secondary N) is 4. The molecule has 2 aromatic rings. The molecule has 4 N–H and O–H groups in total. The van der Waals surface area contributed by atoms with E-state index in [0.29, 0.717) is 29.3 Å². The van der Waals surface area contributed by atoms with Gasteiger partial charge >= 0.3 is 0 Å². The summed E-state index contributed by atoms with van der Waals surface area (Å²) < 4.78 is 0. The summed E-state index contributed by atoms with van der Waals surface area (Å²) in [5, 5.41) is 6.17. The first-order valence-electron chi connectivity index (χ1n) is 9.43. The van der Waals surface area contributed by atoms with E-state index in [4.69, 9.17) is 12.2 Å². The number of hydrogen-bond acceptors (Lipinski definition) is 4. The van der Waals surface area contributed by atoms with E-state index in [1.807, 2.05) is 18.2 Å². The van der Waals surface area contributed by atoms with Crippen LogP contribution in [0.2, 0.25) is 0 Å². The number of carbonyl (C=O) groups excluding carboxylic acids is 2. The van der Waals surface area contributed by atoms with Crippen LogP contribution in [0.25, 0.3) is 0 Å². The van der Waals surface area contributed by atoms with E-state index in [-0.39, 0.29) is 5.91 Å². The van der Waals surface area contributed by atoms with E-state index in [0.717, 1.165) is 23.5 Å². The molecular weight excluding hydrogens is 372 g/mol. The fraction of sp³-hybridized carbons (Fsp3) is 0.286. The SMILES string of the molecule is O=CNNc1ccc(NC(=O)c2cccc(NC(=S)C3CCCCC3)c2)cc1. The lowest BCUT2D eigenvalue weighted by Crippen LogP contribution is -2.23. The summed E-state index contributed by atoms with van der Waals surface area (Å²) in [5.41, 5.74) is 7.84. The Kier molecular flexibility index (Phi) is 6.97. The average molecular weight is 397 g/mol. The van der Waals surface area contributed by atoms with Crippen molar-refractivity contribution >= 4 is 46.6 Å². The Balaban J connectivity index is 1.60. The van der Waals surface area contributed by atoms with Crippen LogP contribution in [-0.4, -0.2) is 17.3 Å². The standard InChI is InChI=1S/C21H24N4O2S/c26-14-22-25-18-11-9-17(10-12-18)23-20(27)16-7-4-8-19(13-16)24-21(28)15-5-2-1-3-6-15/h4,7-15,25H,1-3,5-6H2,(H,22,26)(H,23,27)(H,24,28). The molecule has 0 spiro atoms. The van der Waals surface area contributed by atoms with Crippen molar-refractivity contribution < 1.29 is 9.59 Å². The number of amides is 2. The van der Waals surface area contributed by atoms with E-state index in [1.54, 1.807) is 30.3 Å². The zero-order chi connectivity index (χ0) is 19.8. The first-order chi connectivity index (χ1) is 13.7. The van der Waals surface area contributed by atoms with Crippen molar-refractivity contribution in [2.45, 2.75) is 32.1 Å². The third-order valence-electron chi connectivity index (χ3n) is 4.79. The van der Waals surface area contributed by atoms with Gasteiger partial charge in [0.25, 0.3) is 5.91 Å². The molecule has 0 bridgehead atoms. The molecule has 1 fully saturated rings. The number of hydrazine groups is 1. The molecule has 7 heteroatoms. The summed E-state index contributed by atoms with van der Waals surface area (Å²) in [6.07, 6.45) is 6.58. The van der Waals surface area contributed by atoms with Crippen LogP contribution in [0.3, 0.4) is 0 Å². The van der Waals surface area contributed by atoms with Crippen LogP contribution >= 0.6 is 12.2 Å². The summed E-state index contributed by atoms with van der Waals surface area (Å²) in [4.78, 5) is 23.7. The van der Waals surface area contributed by atoms with Crippen LogP contribution in [0.15, 0.2) is 48.5 Å². The fourth-order valence-corrected chi connectivity index (χ4v) is 3.65. The predicted octanol–water partition coefficient (Wildman–Crippen LogP) is 4.33. The highest BCUT2D eigenvalue weighted by molar-refractivity contribution is 7.80. The van der Waals surface area contributed by atoms with Gasteiger partial charge in [-0.05, 0) is 55.3 Å². The molecule has 1 aliphatic rings. The highest BCUT2D eigenvalue weighted by Crippen LogP contribution is 2.26. The fourth-order valence-electron chi connectivity index (χ4n) is 3.30. The molecule has 0 aromatic heterocycles. The summed E-state index contributed by atoms with van der Waals surface area (Å²) in [5.74, 6) is 0.237. The number of benzene rings is 2. The van der Waals surface area contributed by atoms with E-state index in [1.165, 1.54) is 19.3 Å². The molecule has 6 nitrogen and oxygen atoms in total. The van der Waals surface area contributed by atoms with E-state index >= 15 is 0 Å². The van der Waals surface area contributed by atoms with Gasteiger partial charge in [0.15, 0.2) is 0 Å². The number of carbonyl (C=O) groups is 2. The Morgan fingerprint density at radius 1 is 0.929 bits per heavy atom. The van der Waals surface area contributed by atoms with Gasteiger partial charge in [-0.3, -0.25) is 20.4 Å². The molecule has 2 aromatic carbocycles. The Hall–Kier alpha value is -2.93. The van der Waals surface area contributed by atoms with Crippen molar-refractivity contribution in [1.29, 1.82) is 0 Å². The van der Waals surface area contributed by atoms with Gasteiger partial charge in [-0.15, -0.1) is 0 Å². The molecule has 0 aliphatic heterocycles. The first kappa shape index (κ1) is 19.8. The molecular formula is C21H24N4O2S. The van der Waals surface area contributed by atoms with Crippen LogP contribution in [0.1, 0.15) is 42.5 Å². The van der Waals surface area contributed by atoms with Crippen LogP contribution in [0, 0.1) is 5.92 Å². The first-order valence-corrected chi connectivity index (χ1v) is 9.84. The van der Waals surface area contributed by atoms with Gasteiger partial charge in [-0.1, -0.05) is 37.5 Å². The van der Waals surface area contributed by atoms with Crippen molar-refractivity contribution in [1.82, 2.24) is 5.43 Å². The lowest BCUT2D eigenvalue weighted by Gasteiger charge is -2.23. The molecule has 2 amide bonds. The lowest BCUT2D eigenvalue weighted by atomic mass is 9.89. The number of anilines is 3. The minimum Gasteiger partial charge on any atom is -0.350 e. The topological polar surface area (TPSA) is 82.3 Å². The van der Waals surface area contributed by atoms with Crippen molar-refractivity contribution in [3.63, 3.8) is 0 Å². The maximum atomic E-state index is 12.6. The molecule has 0 saturated heterocycles. The highest BCUT2D eigenvalue weighted by atomic mass is 32.1. The number of thiocarbonyl (C=S) groups is 1. The summed E-state index contributed by atoms with van der Waals surface area (Å²) >= 11 is 5.57. The van der Waals surface area contributed by atoms with Crippen LogP contribution in [0.5, 0.6) is 0 Å². The molecule has 1 aliphatic carbocycles. The smallest absolute Gasteiger partial charge is 0.255 e. The largest absolute Gasteiger partial charge is 0.350 e. The summed E-state index contributed by atoms with van der Waals surface area (Å²) in [7, 11) is 0. The minimum absolute atomic E-state index is 0.195. The molecule has 0 unspecified atom stereocenters. The Morgan fingerprint density at radius 3 is 2.36 bits per heavy atom. The molecule has 0 heterocycles. The quantitative estimate of drug-likeness (QED) is 0.318. The molecule has 0 atom stereocenters. The maximum Gasteiger partial charge on any atom is 0.255 e. The monoisotopic (exact) mass is 396 g/mol. The zero-order valence-corrected chi connectivity index (χ0v) is 16.4. The highest BCUT2D eigenvalue weighted by Gasteiger charge is 2.18. The second-order valence-electron chi connectivity index (χ2n) is 6.82. The average Bonchev–Trinajstić information content (AvgIpc) is 2.74. The van der Waals surface area contributed by atoms with E-state index < -0.39 is 0 Å². The maximum absolute atomic E-state index is 12.6. The molecule has 1 saturated carbocycles. The Bertz CT molecular complexity index is 833. The molecule has 28 heavy (non-hydrogen) atoms. The Labute approximate surface area is 170 Å². The van der Waals surface area contributed by atoms with Crippen molar-refractivity contribution in [3.8, 4) is 0 Å². The van der Waals surface area contributed by atoms with Gasteiger partial charge < -0.3 is 10.6 Å². The minimum atomic E-state index is -0.195.